The van der Waals surface area contributed by atoms with Gasteiger partial charge in [0.15, 0.2) is 0 Å². The summed E-state index contributed by atoms with van der Waals surface area (Å²) in [6, 6.07) is 14.5. The fourth-order valence-electron chi connectivity index (χ4n) is 2.63. The van der Waals surface area contributed by atoms with E-state index in [0.717, 1.165) is 36.4 Å². The van der Waals surface area contributed by atoms with E-state index in [1.54, 1.807) is 18.2 Å². The summed E-state index contributed by atoms with van der Waals surface area (Å²) >= 11 is 0. The lowest BCUT2D eigenvalue weighted by molar-refractivity contribution is -0.138. The van der Waals surface area contributed by atoms with Crippen molar-refractivity contribution in [1.29, 1.82) is 0 Å². The summed E-state index contributed by atoms with van der Waals surface area (Å²) in [5.41, 5.74) is -0.666. The maximum absolute atomic E-state index is 12.7. The van der Waals surface area contributed by atoms with Gasteiger partial charge in [0.1, 0.15) is 0 Å². The first-order valence-electron chi connectivity index (χ1n) is 8.56. The second-order valence-corrected chi connectivity index (χ2v) is 6.27. The number of amides is 1. The lowest BCUT2D eigenvalue weighted by atomic mass is 10.1. The van der Waals surface area contributed by atoms with Gasteiger partial charge in [-0.3, -0.25) is 4.79 Å². The van der Waals surface area contributed by atoms with Crippen molar-refractivity contribution >= 4 is 23.0 Å². The average molecular weight is 424 g/mol. The van der Waals surface area contributed by atoms with E-state index in [0.29, 0.717) is 11.4 Å². The first-order valence-corrected chi connectivity index (χ1v) is 8.56. The number of benzene rings is 3. The van der Waals surface area contributed by atoms with Crippen LogP contribution in [0.5, 0.6) is 0 Å². The highest BCUT2D eigenvalue weighted by Crippen LogP contribution is 2.32. The molecule has 3 nitrogen and oxygen atoms in total. The average Bonchev–Trinajstić information content (AvgIpc) is 2.68. The Labute approximate surface area is 167 Å². The molecule has 2 N–H and O–H groups in total. The van der Waals surface area contributed by atoms with Crippen LogP contribution in [0, 0.1) is 0 Å². The molecule has 0 aliphatic carbocycles. The fraction of sp³-hybridized carbons (Fsp3) is 0.0952. The molecule has 1 amide bonds. The van der Waals surface area contributed by atoms with Crippen LogP contribution in [0.1, 0.15) is 21.5 Å². The third-order valence-electron chi connectivity index (χ3n) is 4.13. The van der Waals surface area contributed by atoms with Gasteiger partial charge in [0.05, 0.1) is 22.4 Å². The SMILES string of the molecule is O=C(Nc1ccc(C(F)(F)F)cc1)c1ccccc1Nc1ccc(C(F)(F)F)cc1. The summed E-state index contributed by atoms with van der Waals surface area (Å²) in [5, 5.41) is 5.37. The number of nitrogens with one attached hydrogen (secondary N) is 2. The van der Waals surface area contributed by atoms with Crippen molar-refractivity contribution in [3.63, 3.8) is 0 Å². The maximum atomic E-state index is 12.7. The largest absolute Gasteiger partial charge is 0.416 e. The zero-order chi connectivity index (χ0) is 21.9. The second kappa shape index (κ2) is 8.10. The topological polar surface area (TPSA) is 41.1 Å². The van der Waals surface area contributed by atoms with Crippen LogP contribution in [0.3, 0.4) is 0 Å². The van der Waals surface area contributed by atoms with Crippen LogP contribution in [0.4, 0.5) is 43.4 Å². The molecule has 0 aliphatic heterocycles. The molecule has 3 aromatic rings. The van der Waals surface area contributed by atoms with Gasteiger partial charge >= 0.3 is 12.4 Å². The van der Waals surface area contributed by atoms with Crippen LogP contribution in [0.25, 0.3) is 0 Å². The zero-order valence-electron chi connectivity index (χ0n) is 15.1. The normalized spacial score (nSPS) is 11.8. The summed E-state index contributed by atoms with van der Waals surface area (Å²) in [6.07, 6.45) is -8.95. The lowest BCUT2D eigenvalue weighted by Gasteiger charge is -2.14. The predicted octanol–water partition coefficient (Wildman–Crippen LogP) is 6.72. The third kappa shape index (κ3) is 5.11. The van der Waals surface area contributed by atoms with E-state index in [4.69, 9.17) is 0 Å². The van der Waals surface area contributed by atoms with E-state index in [9.17, 15) is 31.1 Å². The molecule has 0 saturated carbocycles. The second-order valence-electron chi connectivity index (χ2n) is 6.27. The Morgan fingerprint density at radius 2 is 1.10 bits per heavy atom. The van der Waals surface area contributed by atoms with Crippen LogP contribution >= 0.6 is 0 Å². The number of rotatable bonds is 4. The van der Waals surface area contributed by atoms with Gasteiger partial charge in [0, 0.05) is 11.4 Å². The Morgan fingerprint density at radius 3 is 1.60 bits per heavy atom. The first kappa shape index (κ1) is 21.2. The molecule has 0 heterocycles. The van der Waals surface area contributed by atoms with Crippen LogP contribution in [-0.4, -0.2) is 5.91 Å². The molecule has 30 heavy (non-hydrogen) atoms. The lowest BCUT2D eigenvalue weighted by Crippen LogP contribution is -2.14. The van der Waals surface area contributed by atoms with Crippen LogP contribution in [0.2, 0.25) is 0 Å². The van der Waals surface area contributed by atoms with E-state index in [2.05, 4.69) is 10.6 Å². The van der Waals surface area contributed by atoms with Crippen molar-refractivity contribution in [2.75, 3.05) is 10.6 Å². The van der Waals surface area contributed by atoms with Crippen molar-refractivity contribution in [1.82, 2.24) is 0 Å². The standard InChI is InChI=1S/C21H14F6N2O/c22-20(23,24)13-5-9-15(10-6-13)28-18-4-2-1-3-17(18)19(30)29-16-11-7-14(8-12-16)21(25,26)27/h1-12,28H,(H,29,30). The van der Waals surface area contributed by atoms with Gasteiger partial charge in [0.2, 0.25) is 0 Å². The minimum atomic E-state index is -4.49. The predicted molar refractivity (Wildman–Crippen MR) is 101 cm³/mol. The highest BCUT2D eigenvalue weighted by atomic mass is 19.4. The molecular weight excluding hydrogens is 410 g/mol. The molecule has 3 rings (SSSR count). The first-order chi connectivity index (χ1) is 14.0. The summed E-state index contributed by atoms with van der Waals surface area (Å²) in [7, 11) is 0. The monoisotopic (exact) mass is 424 g/mol. The van der Waals surface area contributed by atoms with Gasteiger partial charge in [-0.05, 0) is 60.7 Å². The van der Waals surface area contributed by atoms with Gasteiger partial charge in [-0.15, -0.1) is 0 Å². The number of alkyl halides is 6. The van der Waals surface area contributed by atoms with E-state index < -0.39 is 29.4 Å². The van der Waals surface area contributed by atoms with Crippen LogP contribution in [0.15, 0.2) is 72.8 Å². The Bertz CT molecular complexity index is 1030. The molecule has 0 radical (unpaired) electrons. The third-order valence-corrected chi connectivity index (χ3v) is 4.13. The Morgan fingerprint density at radius 1 is 0.633 bits per heavy atom. The van der Waals surface area contributed by atoms with Gasteiger partial charge in [-0.25, -0.2) is 0 Å². The number of para-hydroxylation sites is 1. The Balaban J connectivity index is 1.77. The molecule has 0 saturated heterocycles. The number of hydrogen-bond donors (Lipinski definition) is 2. The number of halogens is 6. The van der Waals surface area contributed by atoms with Crippen molar-refractivity contribution in [2.45, 2.75) is 12.4 Å². The van der Waals surface area contributed by atoms with Crippen LogP contribution < -0.4 is 10.6 Å². The van der Waals surface area contributed by atoms with Crippen molar-refractivity contribution in [3.8, 4) is 0 Å². The number of anilines is 3. The van der Waals surface area contributed by atoms with Gasteiger partial charge < -0.3 is 10.6 Å². The molecule has 156 valence electrons. The molecule has 0 unspecified atom stereocenters. The summed E-state index contributed by atoms with van der Waals surface area (Å²) in [5.74, 6) is -0.593. The maximum Gasteiger partial charge on any atom is 0.416 e. The summed E-state index contributed by atoms with van der Waals surface area (Å²) in [4.78, 5) is 12.6. The molecule has 3 aromatic carbocycles. The highest BCUT2D eigenvalue weighted by molar-refractivity contribution is 6.08. The molecule has 0 aromatic heterocycles. The van der Waals surface area contributed by atoms with Crippen molar-refractivity contribution in [2.24, 2.45) is 0 Å². The van der Waals surface area contributed by atoms with Gasteiger partial charge in [0.25, 0.3) is 5.91 Å². The van der Waals surface area contributed by atoms with E-state index in [1.165, 1.54) is 18.2 Å². The molecule has 0 fully saturated rings. The van der Waals surface area contributed by atoms with E-state index in [1.807, 2.05) is 0 Å². The number of hydrogen-bond acceptors (Lipinski definition) is 2. The molecular formula is C21H14F6N2O. The van der Waals surface area contributed by atoms with Crippen molar-refractivity contribution in [3.05, 3.63) is 89.5 Å². The molecule has 0 aliphatic rings. The Kier molecular flexibility index (Phi) is 5.73. The van der Waals surface area contributed by atoms with Gasteiger partial charge in [-0.1, -0.05) is 12.1 Å². The van der Waals surface area contributed by atoms with Gasteiger partial charge in [-0.2, -0.15) is 26.3 Å². The molecule has 0 spiro atoms. The smallest absolute Gasteiger partial charge is 0.355 e. The molecule has 0 atom stereocenters. The summed E-state index contributed by atoms with van der Waals surface area (Å²) in [6.45, 7) is 0. The minimum Gasteiger partial charge on any atom is -0.355 e. The number of carbonyl (C=O) groups is 1. The Hall–Kier alpha value is -3.49. The van der Waals surface area contributed by atoms with Crippen molar-refractivity contribution < 1.29 is 31.1 Å². The highest BCUT2D eigenvalue weighted by Gasteiger charge is 2.30. The van der Waals surface area contributed by atoms with Crippen LogP contribution in [-0.2, 0) is 12.4 Å². The quantitative estimate of drug-likeness (QED) is 0.457. The molecule has 0 bridgehead atoms. The summed E-state index contributed by atoms with van der Waals surface area (Å²) < 4.78 is 76.0. The van der Waals surface area contributed by atoms with E-state index in [-0.39, 0.29) is 11.3 Å². The minimum absolute atomic E-state index is 0.164. The van der Waals surface area contributed by atoms with E-state index >= 15 is 0 Å². The zero-order valence-corrected chi connectivity index (χ0v) is 15.1. The molecule has 9 heteroatoms. The fourth-order valence-corrected chi connectivity index (χ4v) is 2.63. The number of carbonyl (C=O) groups excluding carboxylic acids is 1.